The monoisotopic (exact) mass is 317 g/mol. The first-order valence-electron chi connectivity index (χ1n) is 7.24. The fourth-order valence-electron chi connectivity index (χ4n) is 3.12. The Labute approximate surface area is 133 Å². The van der Waals surface area contributed by atoms with Crippen molar-refractivity contribution in [3.8, 4) is 0 Å². The number of rotatable bonds is 0. The summed E-state index contributed by atoms with van der Waals surface area (Å²) in [6, 6.07) is 15.6. The average Bonchev–Trinajstić information content (AvgIpc) is 3.17. The number of nitrogens with zero attached hydrogens (tertiary/aromatic N) is 2. The van der Waals surface area contributed by atoms with Gasteiger partial charge >= 0.3 is 0 Å². The molecule has 4 nitrogen and oxygen atoms in total. The highest BCUT2D eigenvalue weighted by Crippen LogP contribution is 2.19. The Morgan fingerprint density at radius 1 is 1.09 bits per heavy atom. The minimum Gasteiger partial charge on any atom is -0.355 e. The molecule has 0 saturated carbocycles. The van der Waals surface area contributed by atoms with Gasteiger partial charge in [-0.3, -0.25) is 4.79 Å². The highest BCUT2D eigenvalue weighted by molar-refractivity contribution is 7.15. The summed E-state index contributed by atoms with van der Waals surface area (Å²) < 4.78 is 2.37. The van der Waals surface area contributed by atoms with Crippen LogP contribution in [-0.4, -0.2) is 14.4 Å². The van der Waals surface area contributed by atoms with E-state index in [-0.39, 0.29) is 5.56 Å². The summed E-state index contributed by atoms with van der Waals surface area (Å²) in [5.74, 6) is 0. The highest BCUT2D eigenvalue weighted by atomic mass is 32.1. The standard InChI is InChI=1S/C18H11N3OS/c1-10-15(11-6-2-3-7-12(11)19-10)16-17(22)21-14-9-5-4-8-13(14)20-18(21)23-16/h2-9,19H,1H2/b16-15+. The topological polar surface area (TPSA) is 50.2 Å². The van der Waals surface area contributed by atoms with Gasteiger partial charge in [-0.05, 0) is 18.2 Å². The number of hydrogen-bond donors (Lipinski definition) is 1. The quantitative estimate of drug-likeness (QED) is 0.477. The largest absolute Gasteiger partial charge is 0.355 e. The van der Waals surface area contributed by atoms with Crippen LogP contribution in [0.2, 0.25) is 0 Å². The van der Waals surface area contributed by atoms with Crippen LogP contribution in [0.15, 0.2) is 53.3 Å². The van der Waals surface area contributed by atoms with Gasteiger partial charge in [-0.15, -0.1) is 0 Å². The van der Waals surface area contributed by atoms with Crippen LogP contribution in [0.1, 0.15) is 0 Å². The van der Waals surface area contributed by atoms with Crippen molar-refractivity contribution in [2.45, 2.75) is 0 Å². The third kappa shape index (κ3) is 1.59. The third-order valence-corrected chi connectivity index (χ3v) is 5.17. The summed E-state index contributed by atoms with van der Waals surface area (Å²) in [5.41, 5.74) is 2.65. The summed E-state index contributed by atoms with van der Waals surface area (Å²) in [4.78, 5) is 21.5. The molecule has 5 aromatic rings. The van der Waals surface area contributed by atoms with E-state index < -0.39 is 0 Å². The molecule has 3 aromatic heterocycles. The van der Waals surface area contributed by atoms with Crippen LogP contribution >= 0.6 is 11.3 Å². The molecule has 0 aliphatic carbocycles. The van der Waals surface area contributed by atoms with Gasteiger partial charge in [0.05, 0.1) is 11.0 Å². The molecule has 23 heavy (non-hydrogen) atoms. The summed E-state index contributed by atoms with van der Waals surface area (Å²) in [5, 5.41) is 2.66. The van der Waals surface area contributed by atoms with Crippen molar-refractivity contribution in [1.82, 2.24) is 14.4 Å². The van der Waals surface area contributed by atoms with E-state index in [1.807, 2.05) is 48.5 Å². The summed E-state index contributed by atoms with van der Waals surface area (Å²) >= 11 is 1.42. The Bertz CT molecular complexity index is 1410. The molecule has 0 amide bonds. The first-order valence-corrected chi connectivity index (χ1v) is 8.06. The van der Waals surface area contributed by atoms with Gasteiger partial charge in [0, 0.05) is 21.5 Å². The van der Waals surface area contributed by atoms with E-state index in [9.17, 15) is 4.79 Å². The number of H-pyrrole nitrogens is 1. The lowest BCUT2D eigenvalue weighted by molar-refractivity contribution is 1.18. The fourth-order valence-corrected chi connectivity index (χ4v) is 4.23. The van der Waals surface area contributed by atoms with E-state index in [2.05, 4.69) is 16.5 Å². The number of thiazole rings is 1. The zero-order valence-corrected chi connectivity index (χ0v) is 12.9. The Kier molecular flexibility index (Phi) is 2.36. The number of aromatic amines is 1. The zero-order valence-electron chi connectivity index (χ0n) is 12.0. The van der Waals surface area contributed by atoms with Gasteiger partial charge in [0.15, 0.2) is 4.96 Å². The number of benzene rings is 2. The van der Waals surface area contributed by atoms with Gasteiger partial charge in [-0.2, -0.15) is 0 Å². The van der Waals surface area contributed by atoms with Gasteiger partial charge in [0.25, 0.3) is 5.56 Å². The second kappa shape index (κ2) is 4.30. The van der Waals surface area contributed by atoms with Crippen molar-refractivity contribution in [2.24, 2.45) is 0 Å². The van der Waals surface area contributed by atoms with E-state index in [0.29, 0.717) is 4.53 Å². The third-order valence-electron chi connectivity index (χ3n) is 4.13. The maximum absolute atomic E-state index is 13.0. The number of nitrogens with one attached hydrogen (secondary N) is 1. The molecule has 0 spiro atoms. The first kappa shape index (κ1) is 12.6. The van der Waals surface area contributed by atoms with E-state index in [4.69, 9.17) is 0 Å². The van der Waals surface area contributed by atoms with Gasteiger partial charge in [0.1, 0.15) is 4.53 Å². The highest BCUT2D eigenvalue weighted by Gasteiger charge is 2.12. The molecule has 5 heteroatoms. The van der Waals surface area contributed by atoms with E-state index in [1.54, 1.807) is 4.40 Å². The second-order valence-electron chi connectivity index (χ2n) is 5.48. The molecule has 0 unspecified atom stereocenters. The van der Waals surface area contributed by atoms with Crippen molar-refractivity contribution >= 4 is 44.8 Å². The smallest absolute Gasteiger partial charge is 0.275 e. The number of hydrogen-bond acceptors (Lipinski definition) is 3. The SMILES string of the molecule is C=c1[nH]c2ccccc2/c1=c1/sc2nc3ccccc3n2c1=O. The minimum atomic E-state index is -0.0339. The molecule has 2 aromatic carbocycles. The minimum absolute atomic E-state index is 0.0339. The van der Waals surface area contributed by atoms with Gasteiger partial charge in [-0.1, -0.05) is 48.2 Å². The number of imidazole rings is 1. The summed E-state index contributed by atoms with van der Waals surface area (Å²) in [7, 11) is 0. The lowest BCUT2D eigenvalue weighted by Crippen LogP contribution is -2.09. The van der Waals surface area contributed by atoms with Gasteiger partial charge in [-0.25, -0.2) is 9.38 Å². The molecular weight excluding hydrogens is 306 g/mol. The predicted molar refractivity (Wildman–Crippen MR) is 93.6 cm³/mol. The Morgan fingerprint density at radius 2 is 1.87 bits per heavy atom. The normalized spacial score (nSPS) is 13.4. The van der Waals surface area contributed by atoms with Crippen molar-refractivity contribution in [3.63, 3.8) is 0 Å². The molecular formula is C18H11N3OS. The van der Waals surface area contributed by atoms with Crippen LogP contribution < -0.4 is 10.9 Å². The van der Waals surface area contributed by atoms with Crippen LogP contribution in [0.4, 0.5) is 0 Å². The fraction of sp³-hybridized carbons (Fsp3) is 0. The van der Waals surface area contributed by atoms with Gasteiger partial charge in [0.2, 0.25) is 0 Å². The molecule has 0 aliphatic heterocycles. The van der Waals surface area contributed by atoms with Crippen molar-refractivity contribution in [2.75, 3.05) is 0 Å². The molecule has 1 N–H and O–H groups in total. The van der Waals surface area contributed by atoms with Crippen LogP contribution in [0.3, 0.4) is 0 Å². The van der Waals surface area contributed by atoms with Crippen LogP contribution in [-0.2, 0) is 0 Å². The van der Waals surface area contributed by atoms with E-state index in [0.717, 1.165) is 37.5 Å². The molecule has 5 rings (SSSR count). The van der Waals surface area contributed by atoms with E-state index in [1.165, 1.54) is 11.3 Å². The molecule has 0 aliphatic rings. The average molecular weight is 317 g/mol. The summed E-state index contributed by atoms with van der Waals surface area (Å²) in [6.45, 7) is 4.07. The number of aromatic nitrogens is 3. The predicted octanol–water partition coefficient (Wildman–Crippen LogP) is 2.81. The maximum Gasteiger partial charge on any atom is 0.275 e. The van der Waals surface area contributed by atoms with Crippen LogP contribution in [0.25, 0.3) is 33.5 Å². The molecule has 0 saturated heterocycles. The van der Waals surface area contributed by atoms with Crippen LogP contribution in [0.5, 0.6) is 0 Å². The second-order valence-corrected chi connectivity index (χ2v) is 6.46. The van der Waals surface area contributed by atoms with Crippen molar-refractivity contribution in [3.05, 3.63) is 74.0 Å². The zero-order chi connectivity index (χ0) is 15.6. The van der Waals surface area contributed by atoms with Crippen LogP contribution in [0, 0.1) is 9.75 Å². The van der Waals surface area contributed by atoms with Crippen molar-refractivity contribution in [1.29, 1.82) is 0 Å². The molecule has 110 valence electrons. The lowest BCUT2D eigenvalue weighted by Gasteiger charge is -1.87. The first-order chi connectivity index (χ1) is 11.2. The lowest BCUT2D eigenvalue weighted by atomic mass is 10.2. The molecule has 0 bridgehead atoms. The van der Waals surface area contributed by atoms with Crippen molar-refractivity contribution < 1.29 is 0 Å². The number of fused-ring (bicyclic) bond motifs is 4. The molecule has 0 atom stereocenters. The molecule has 3 heterocycles. The Balaban J connectivity index is 2.13. The molecule has 0 radical (unpaired) electrons. The molecule has 0 fully saturated rings. The van der Waals surface area contributed by atoms with E-state index >= 15 is 0 Å². The maximum atomic E-state index is 13.0. The Hall–Kier alpha value is -2.92. The number of para-hydroxylation sites is 3. The summed E-state index contributed by atoms with van der Waals surface area (Å²) in [6.07, 6.45) is 0. The Morgan fingerprint density at radius 3 is 2.78 bits per heavy atom. The van der Waals surface area contributed by atoms with Gasteiger partial charge < -0.3 is 4.98 Å².